The fourth-order valence-corrected chi connectivity index (χ4v) is 2.05. The molecule has 0 spiro atoms. The molecule has 2 rings (SSSR count). The van der Waals surface area contributed by atoms with Crippen LogP contribution in [-0.2, 0) is 11.2 Å². The number of carbonyl (C=O) groups excluding carboxylic acids is 1. The Kier molecular flexibility index (Phi) is 6.37. The van der Waals surface area contributed by atoms with Crippen molar-refractivity contribution in [2.24, 2.45) is 5.10 Å². The van der Waals surface area contributed by atoms with Crippen LogP contribution in [0.15, 0.2) is 53.6 Å². The maximum atomic E-state index is 11.8. The number of benzene rings is 2. The van der Waals surface area contributed by atoms with Gasteiger partial charge in [-0.1, -0.05) is 31.2 Å². The first kappa shape index (κ1) is 17.5. The van der Waals surface area contributed by atoms with Gasteiger partial charge in [-0.25, -0.2) is 5.43 Å². The smallest absolute Gasteiger partial charge is 0.277 e. The van der Waals surface area contributed by atoms with Gasteiger partial charge in [0.1, 0.15) is 11.5 Å². The molecule has 5 heteroatoms. The maximum absolute atomic E-state index is 11.8. The molecule has 0 aromatic heterocycles. The third-order valence-electron chi connectivity index (χ3n) is 3.56. The minimum Gasteiger partial charge on any atom is -0.497 e. The number of amides is 1. The summed E-state index contributed by atoms with van der Waals surface area (Å²) in [6.45, 7) is 3.86. The maximum Gasteiger partial charge on any atom is 0.277 e. The van der Waals surface area contributed by atoms with Crippen LogP contribution < -0.4 is 14.9 Å². The van der Waals surface area contributed by atoms with Gasteiger partial charge in [-0.3, -0.25) is 4.79 Å². The van der Waals surface area contributed by atoms with Crippen molar-refractivity contribution in [1.82, 2.24) is 5.43 Å². The van der Waals surface area contributed by atoms with Crippen LogP contribution in [0.4, 0.5) is 0 Å². The lowest BCUT2D eigenvalue weighted by atomic mass is 10.1. The van der Waals surface area contributed by atoms with E-state index in [2.05, 4.69) is 29.6 Å². The number of rotatable bonds is 7. The van der Waals surface area contributed by atoms with Crippen LogP contribution in [-0.4, -0.2) is 25.3 Å². The number of aryl methyl sites for hydroxylation is 1. The molecule has 1 N–H and O–H groups in total. The number of hydrazone groups is 1. The third kappa shape index (κ3) is 5.12. The minimum absolute atomic E-state index is 0.0993. The molecular weight excluding hydrogens is 304 g/mol. The SMILES string of the molecule is CCc1ccc(/C(C)=N/NC(=O)COc2ccc(OC)cc2)cc1. The second kappa shape index (κ2) is 8.72. The van der Waals surface area contributed by atoms with E-state index in [1.165, 1.54) is 5.56 Å². The van der Waals surface area contributed by atoms with Crippen molar-refractivity contribution in [3.8, 4) is 11.5 Å². The van der Waals surface area contributed by atoms with E-state index in [1.807, 2.05) is 19.1 Å². The lowest BCUT2D eigenvalue weighted by molar-refractivity contribution is -0.123. The highest BCUT2D eigenvalue weighted by Crippen LogP contribution is 2.16. The van der Waals surface area contributed by atoms with Gasteiger partial charge < -0.3 is 9.47 Å². The van der Waals surface area contributed by atoms with Crippen molar-refractivity contribution in [2.45, 2.75) is 20.3 Å². The van der Waals surface area contributed by atoms with E-state index in [4.69, 9.17) is 9.47 Å². The molecule has 0 aliphatic carbocycles. The van der Waals surface area contributed by atoms with Gasteiger partial charge in [0, 0.05) is 0 Å². The predicted octanol–water partition coefficient (Wildman–Crippen LogP) is 3.18. The van der Waals surface area contributed by atoms with Gasteiger partial charge in [0.25, 0.3) is 5.91 Å². The summed E-state index contributed by atoms with van der Waals surface area (Å²) < 4.78 is 10.5. The molecule has 0 aliphatic rings. The molecular formula is C19H22N2O3. The molecule has 1 amide bonds. The summed E-state index contributed by atoms with van der Waals surface area (Å²) in [5.74, 6) is 1.03. The molecule has 2 aromatic rings. The van der Waals surface area contributed by atoms with E-state index in [9.17, 15) is 4.79 Å². The second-order valence-electron chi connectivity index (χ2n) is 5.25. The largest absolute Gasteiger partial charge is 0.497 e. The van der Waals surface area contributed by atoms with E-state index in [0.29, 0.717) is 5.75 Å². The van der Waals surface area contributed by atoms with Crippen molar-refractivity contribution < 1.29 is 14.3 Å². The van der Waals surface area contributed by atoms with Crippen LogP contribution >= 0.6 is 0 Å². The van der Waals surface area contributed by atoms with Gasteiger partial charge in [-0.2, -0.15) is 5.10 Å². The number of nitrogens with one attached hydrogen (secondary N) is 1. The highest BCUT2D eigenvalue weighted by molar-refractivity contribution is 5.99. The first-order chi connectivity index (χ1) is 11.6. The Hall–Kier alpha value is -2.82. The van der Waals surface area contributed by atoms with Crippen molar-refractivity contribution in [1.29, 1.82) is 0 Å². The Labute approximate surface area is 142 Å². The summed E-state index contributed by atoms with van der Waals surface area (Å²) in [7, 11) is 1.60. The van der Waals surface area contributed by atoms with Gasteiger partial charge in [-0.05, 0) is 48.7 Å². The second-order valence-corrected chi connectivity index (χ2v) is 5.25. The molecule has 0 aliphatic heterocycles. The number of ether oxygens (including phenoxy) is 2. The summed E-state index contributed by atoms with van der Waals surface area (Å²) in [6, 6.07) is 15.2. The average molecular weight is 326 g/mol. The van der Waals surface area contributed by atoms with E-state index in [1.54, 1.807) is 31.4 Å². The zero-order valence-corrected chi connectivity index (χ0v) is 14.2. The van der Waals surface area contributed by atoms with E-state index >= 15 is 0 Å². The molecule has 0 saturated heterocycles. The summed E-state index contributed by atoms with van der Waals surface area (Å²) in [4.78, 5) is 11.8. The van der Waals surface area contributed by atoms with Crippen molar-refractivity contribution in [3.63, 3.8) is 0 Å². The Morgan fingerprint density at radius 2 is 1.67 bits per heavy atom. The van der Waals surface area contributed by atoms with Gasteiger partial charge >= 0.3 is 0 Å². The zero-order chi connectivity index (χ0) is 17.4. The quantitative estimate of drug-likeness (QED) is 0.628. The van der Waals surface area contributed by atoms with Crippen molar-refractivity contribution >= 4 is 11.6 Å². The van der Waals surface area contributed by atoms with E-state index < -0.39 is 0 Å². The van der Waals surface area contributed by atoms with Gasteiger partial charge in [0.05, 0.1) is 12.8 Å². The van der Waals surface area contributed by atoms with Crippen LogP contribution in [0.3, 0.4) is 0 Å². The summed E-state index contributed by atoms with van der Waals surface area (Å²) >= 11 is 0. The van der Waals surface area contributed by atoms with Gasteiger partial charge in [0.2, 0.25) is 0 Å². The van der Waals surface area contributed by atoms with Crippen molar-refractivity contribution in [2.75, 3.05) is 13.7 Å². The number of hydrogen-bond donors (Lipinski definition) is 1. The van der Waals surface area contributed by atoms with E-state index in [0.717, 1.165) is 23.4 Å². The van der Waals surface area contributed by atoms with Gasteiger partial charge in [-0.15, -0.1) is 0 Å². The molecule has 0 unspecified atom stereocenters. The molecule has 0 bridgehead atoms. The molecule has 0 radical (unpaired) electrons. The first-order valence-corrected chi connectivity index (χ1v) is 7.81. The number of nitrogens with zero attached hydrogens (tertiary/aromatic N) is 1. The third-order valence-corrected chi connectivity index (χ3v) is 3.56. The number of carbonyl (C=O) groups is 1. The number of methoxy groups -OCH3 is 1. The highest BCUT2D eigenvalue weighted by Gasteiger charge is 2.03. The number of hydrogen-bond acceptors (Lipinski definition) is 4. The Balaban J connectivity index is 1.84. The molecule has 0 atom stereocenters. The molecule has 5 nitrogen and oxygen atoms in total. The predicted molar refractivity (Wildman–Crippen MR) is 94.7 cm³/mol. The normalized spacial score (nSPS) is 11.0. The molecule has 0 saturated carbocycles. The lowest BCUT2D eigenvalue weighted by Crippen LogP contribution is -2.25. The summed E-state index contributed by atoms with van der Waals surface area (Å²) in [6.07, 6.45) is 0.996. The zero-order valence-electron chi connectivity index (χ0n) is 14.2. The Morgan fingerprint density at radius 1 is 1.04 bits per heavy atom. The lowest BCUT2D eigenvalue weighted by Gasteiger charge is -2.07. The van der Waals surface area contributed by atoms with Crippen molar-refractivity contribution in [3.05, 3.63) is 59.7 Å². The highest BCUT2D eigenvalue weighted by atomic mass is 16.5. The molecule has 24 heavy (non-hydrogen) atoms. The fourth-order valence-electron chi connectivity index (χ4n) is 2.05. The molecule has 0 fully saturated rings. The Morgan fingerprint density at radius 3 is 2.25 bits per heavy atom. The minimum atomic E-state index is -0.310. The fraction of sp³-hybridized carbons (Fsp3) is 0.263. The summed E-state index contributed by atoms with van der Waals surface area (Å²) in [5, 5.41) is 4.11. The van der Waals surface area contributed by atoms with Crippen LogP contribution in [0.2, 0.25) is 0 Å². The standard InChI is InChI=1S/C19H22N2O3/c1-4-15-5-7-16(8-6-15)14(2)20-21-19(22)13-24-18-11-9-17(23-3)10-12-18/h5-12H,4,13H2,1-3H3,(H,21,22)/b20-14+. The van der Waals surface area contributed by atoms with E-state index in [-0.39, 0.29) is 12.5 Å². The summed E-state index contributed by atoms with van der Waals surface area (Å²) in [5.41, 5.74) is 5.49. The monoisotopic (exact) mass is 326 g/mol. The molecule has 0 heterocycles. The van der Waals surface area contributed by atoms with Crippen LogP contribution in [0.1, 0.15) is 25.0 Å². The first-order valence-electron chi connectivity index (χ1n) is 7.81. The average Bonchev–Trinajstić information content (AvgIpc) is 2.64. The molecule has 2 aromatic carbocycles. The van der Waals surface area contributed by atoms with Crippen LogP contribution in [0, 0.1) is 0 Å². The van der Waals surface area contributed by atoms with Gasteiger partial charge in [0.15, 0.2) is 6.61 Å². The Bertz CT molecular complexity index is 692. The van der Waals surface area contributed by atoms with Crippen LogP contribution in [0.5, 0.6) is 11.5 Å². The topological polar surface area (TPSA) is 59.9 Å². The molecule has 126 valence electrons. The van der Waals surface area contributed by atoms with Crippen LogP contribution in [0.25, 0.3) is 0 Å².